The maximum absolute atomic E-state index is 9.98. The van der Waals surface area contributed by atoms with Gasteiger partial charge in [-0.3, -0.25) is 0 Å². The topological polar surface area (TPSA) is 29.5 Å². The number of hydrogen-bond donors (Lipinski definition) is 1. The van der Waals surface area contributed by atoms with Crippen LogP contribution < -0.4 is 0 Å². The first-order valence-corrected chi connectivity index (χ1v) is 5.84. The number of rotatable bonds is 4. The van der Waals surface area contributed by atoms with Crippen molar-refractivity contribution in [2.24, 2.45) is 11.8 Å². The van der Waals surface area contributed by atoms with Gasteiger partial charge in [-0.2, -0.15) is 0 Å². The van der Waals surface area contributed by atoms with Crippen molar-refractivity contribution < 1.29 is 9.84 Å². The molecule has 0 heterocycles. The molecule has 0 spiro atoms. The van der Waals surface area contributed by atoms with Gasteiger partial charge in [0, 0.05) is 7.11 Å². The van der Waals surface area contributed by atoms with Gasteiger partial charge in [0.2, 0.25) is 0 Å². The molecule has 0 bridgehead atoms. The van der Waals surface area contributed by atoms with Gasteiger partial charge in [0.15, 0.2) is 0 Å². The van der Waals surface area contributed by atoms with Gasteiger partial charge >= 0.3 is 0 Å². The first-order valence-electron chi connectivity index (χ1n) is 5.84. The Balaban J connectivity index is 2.26. The van der Waals surface area contributed by atoms with Gasteiger partial charge in [-0.15, -0.1) is 0 Å². The van der Waals surface area contributed by atoms with Crippen LogP contribution in [0.2, 0.25) is 0 Å². The zero-order valence-electron chi connectivity index (χ0n) is 9.70. The lowest BCUT2D eigenvalue weighted by Crippen LogP contribution is -2.28. The van der Waals surface area contributed by atoms with Crippen LogP contribution in [0, 0.1) is 11.8 Å². The Bertz CT molecular complexity index is 150. The van der Waals surface area contributed by atoms with Crippen LogP contribution in [0.3, 0.4) is 0 Å². The number of hydrogen-bond acceptors (Lipinski definition) is 2. The molecule has 2 nitrogen and oxygen atoms in total. The average Bonchev–Trinajstić information content (AvgIpc) is 2.18. The highest BCUT2D eigenvalue weighted by atomic mass is 16.5. The zero-order chi connectivity index (χ0) is 10.6. The third kappa shape index (κ3) is 3.58. The van der Waals surface area contributed by atoms with Crippen LogP contribution in [0.5, 0.6) is 0 Å². The molecule has 1 N–H and O–H groups in total. The van der Waals surface area contributed by atoms with Crippen molar-refractivity contribution in [3.63, 3.8) is 0 Å². The van der Waals surface area contributed by atoms with Gasteiger partial charge in [-0.05, 0) is 38.0 Å². The van der Waals surface area contributed by atoms with Crippen LogP contribution in [0.25, 0.3) is 0 Å². The van der Waals surface area contributed by atoms with Crippen LogP contribution in [0.1, 0.15) is 46.0 Å². The second-order valence-electron chi connectivity index (χ2n) is 4.87. The van der Waals surface area contributed by atoms with Crippen molar-refractivity contribution in [3.05, 3.63) is 0 Å². The van der Waals surface area contributed by atoms with Crippen molar-refractivity contribution in [1.29, 1.82) is 0 Å². The molecule has 1 saturated carbocycles. The van der Waals surface area contributed by atoms with Gasteiger partial charge in [0.25, 0.3) is 0 Å². The molecular formula is C12H24O2. The van der Waals surface area contributed by atoms with Gasteiger partial charge in [-0.25, -0.2) is 0 Å². The van der Waals surface area contributed by atoms with E-state index in [9.17, 15) is 5.11 Å². The van der Waals surface area contributed by atoms with Crippen molar-refractivity contribution in [2.45, 2.75) is 58.2 Å². The van der Waals surface area contributed by atoms with E-state index in [0.29, 0.717) is 5.92 Å². The highest BCUT2D eigenvalue weighted by molar-refractivity contribution is 4.77. The molecule has 0 amide bonds. The van der Waals surface area contributed by atoms with Crippen molar-refractivity contribution in [2.75, 3.05) is 7.11 Å². The average molecular weight is 200 g/mol. The molecule has 2 heteroatoms. The maximum atomic E-state index is 9.98. The van der Waals surface area contributed by atoms with Crippen molar-refractivity contribution in [3.8, 4) is 0 Å². The van der Waals surface area contributed by atoms with E-state index in [1.807, 2.05) is 6.92 Å². The Morgan fingerprint density at radius 3 is 2.36 bits per heavy atom. The molecule has 0 saturated heterocycles. The normalized spacial score (nSPS) is 32.6. The zero-order valence-corrected chi connectivity index (χ0v) is 9.70. The molecule has 1 fully saturated rings. The van der Waals surface area contributed by atoms with E-state index in [1.165, 1.54) is 25.7 Å². The van der Waals surface area contributed by atoms with Crippen molar-refractivity contribution >= 4 is 0 Å². The maximum Gasteiger partial charge on any atom is 0.0593 e. The highest BCUT2D eigenvalue weighted by Crippen LogP contribution is 2.31. The molecule has 84 valence electrons. The highest BCUT2D eigenvalue weighted by Gasteiger charge is 2.25. The standard InChI is InChI=1S/C12H24O2/c1-9-4-6-11(7-5-9)12(13)8-10(2)14-3/h9-13H,4-8H2,1-3H3. The summed E-state index contributed by atoms with van der Waals surface area (Å²) in [7, 11) is 1.71. The van der Waals surface area contributed by atoms with E-state index >= 15 is 0 Å². The molecule has 14 heavy (non-hydrogen) atoms. The summed E-state index contributed by atoms with van der Waals surface area (Å²) < 4.78 is 5.17. The summed E-state index contributed by atoms with van der Waals surface area (Å²) in [6.45, 7) is 4.33. The first-order chi connectivity index (χ1) is 6.63. The van der Waals surface area contributed by atoms with Gasteiger partial charge in [0.05, 0.1) is 12.2 Å². The molecule has 1 aliphatic rings. The largest absolute Gasteiger partial charge is 0.393 e. The SMILES string of the molecule is COC(C)CC(O)C1CCC(C)CC1. The second-order valence-corrected chi connectivity index (χ2v) is 4.87. The monoisotopic (exact) mass is 200 g/mol. The molecule has 1 rings (SSSR count). The van der Waals surface area contributed by atoms with Crippen LogP contribution in [-0.4, -0.2) is 24.4 Å². The van der Waals surface area contributed by atoms with Gasteiger partial charge in [-0.1, -0.05) is 19.8 Å². The minimum absolute atomic E-state index is 0.155. The summed E-state index contributed by atoms with van der Waals surface area (Å²) in [5.74, 6) is 1.38. The lowest BCUT2D eigenvalue weighted by atomic mass is 9.79. The van der Waals surface area contributed by atoms with Crippen molar-refractivity contribution in [1.82, 2.24) is 0 Å². The predicted octanol–water partition coefficient (Wildman–Crippen LogP) is 2.60. The Hall–Kier alpha value is -0.0800. The summed E-state index contributed by atoms with van der Waals surface area (Å²) in [6, 6.07) is 0. The number of aliphatic hydroxyl groups is 1. The molecule has 1 aliphatic carbocycles. The smallest absolute Gasteiger partial charge is 0.0593 e. The summed E-state index contributed by atoms with van der Waals surface area (Å²) in [5.41, 5.74) is 0. The molecule has 0 aromatic heterocycles. The quantitative estimate of drug-likeness (QED) is 0.756. The first kappa shape index (κ1) is 12.0. The number of aliphatic hydroxyl groups excluding tert-OH is 1. The molecule has 0 aliphatic heterocycles. The fourth-order valence-corrected chi connectivity index (χ4v) is 2.30. The minimum Gasteiger partial charge on any atom is -0.393 e. The van der Waals surface area contributed by atoms with E-state index in [4.69, 9.17) is 4.74 Å². The predicted molar refractivity (Wildman–Crippen MR) is 58.2 cm³/mol. The number of ether oxygens (including phenoxy) is 1. The minimum atomic E-state index is -0.155. The van der Waals surface area contributed by atoms with Gasteiger partial charge in [0.1, 0.15) is 0 Å². The van der Waals surface area contributed by atoms with Gasteiger partial charge < -0.3 is 9.84 Å². The molecule has 0 radical (unpaired) electrons. The molecular weight excluding hydrogens is 176 g/mol. The lowest BCUT2D eigenvalue weighted by Gasteiger charge is -2.30. The molecule has 2 unspecified atom stereocenters. The van der Waals surface area contributed by atoms with E-state index in [1.54, 1.807) is 7.11 Å². The van der Waals surface area contributed by atoms with Crippen LogP contribution >= 0.6 is 0 Å². The lowest BCUT2D eigenvalue weighted by molar-refractivity contribution is 0.0150. The Morgan fingerprint density at radius 1 is 1.29 bits per heavy atom. The van der Waals surface area contributed by atoms with E-state index < -0.39 is 0 Å². The Labute approximate surface area is 87.7 Å². The summed E-state index contributed by atoms with van der Waals surface area (Å²) >= 11 is 0. The Morgan fingerprint density at radius 2 is 1.86 bits per heavy atom. The van der Waals surface area contributed by atoms with Crippen LogP contribution in [-0.2, 0) is 4.74 Å². The van der Waals surface area contributed by atoms with Crippen LogP contribution in [0.4, 0.5) is 0 Å². The Kier molecular flexibility index (Phi) is 4.90. The fourth-order valence-electron chi connectivity index (χ4n) is 2.30. The number of methoxy groups -OCH3 is 1. The van der Waals surface area contributed by atoms with E-state index in [0.717, 1.165) is 12.3 Å². The molecule has 0 aromatic rings. The molecule has 2 atom stereocenters. The second kappa shape index (κ2) is 5.72. The van der Waals surface area contributed by atoms with Crippen LogP contribution in [0.15, 0.2) is 0 Å². The van der Waals surface area contributed by atoms with E-state index in [-0.39, 0.29) is 12.2 Å². The summed E-state index contributed by atoms with van der Waals surface area (Å²) in [4.78, 5) is 0. The fraction of sp³-hybridized carbons (Fsp3) is 1.00. The van der Waals surface area contributed by atoms with E-state index in [2.05, 4.69) is 6.92 Å². The summed E-state index contributed by atoms with van der Waals surface area (Å²) in [6.07, 6.45) is 5.76. The molecule has 0 aromatic carbocycles. The summed E-state index contributed by atoms with van der Waals surface area (Å²) in [5, 5.41) is 9.98. The third-order valence-corrected chi connectivity index (χ3v) is 3.58. The third-order valence-electron chi connectivity index (χ3n) is 3.58.